The van der Waals surface area contributed by atoms with Crippen molar-refractivity contribution in [3.8, 4) is 11.8 Å². The molecule has 1 aromatic heterocycles. The standard InChI is InChI=1S/C17H18N4O3/c22-17(21-10-14-6-7-15(11-21)23-14)20-12-2-4-13(5-3-12)24-16-18-8-1-9-19-16/h1-5,8-9,14-15H,6-7,10-11H2,(H,20,22). The molecule has 2 atom stereocenters. The smallest absolute Gasteiger partial charge is 0.322 e. The number of carbonyl (C=O) groups excluding carboxylic acids is 1. The maximum Gasteiger partial charge on any atom is 0.322 e. The quantitative estimate of drug-likeness (QED) is 0.938. The highest BCUT2D eigenvalue weighted by molar-refractivity contribution is 5.89. The second-order valence-corrected chi connectivity index (χ2v) is 5.95. The van der Waals surface area contributed by atoms with Crippen molar-refractivity contribution in [1.82, 2.24) is 14.9 Å². The van der Waals surface area contributed by atoms with Crippen LogP contribution in [0.25, 0.3) is 0 Å². The van der Waals surface area contributed by atoms with E-state index < -0.39 is 0 Å². The number of anilines is 1. The molecule has 0 aliphatic carbocycles. The van der Waals surface area contributed by atoms with E-state index in [0.29, 0.717) is 18.8 Å². The molecule has 7 nitrogen and oxygen atoms in total. The van der Waals surface area contributed by atoms with Crippen molar-refractivity contribution in [2.24, 2.45) is 0 Å². The monoisotopic (exact) mass is 326 g/mol. The normalized spacial score (nSPS) is 22.2. The minimum absolute atomic E-state index is 0.0877. The molecule has 24 heavy (non-hydrogen) atoms. The molecule has 2 aromatic rings. The van der Waals surface area contributed by atoms with Crippen LogP contribution in [0.1, 0.15) is 12.8 Å². The number of ether oxygens (including phenoxy) is 2. The van der Waals surface area contributed by atoms with E-state index in [2.05, 4.69) is 15.3 Å². The van der Waals surface area contributed by atoms with Gasteiger partial charge in [0.15, 0.2) is 0 Å². The molecular weight excluding hydrogens is 308 g/mol. The minimum Gasteiger partial charge on any atom is -0.424 e. The van der Waals surface area contributed by atoms with Crippen molar-refractivity contribution in [2.45, 2.75) is 25.0 Å². The molecule has 2 aliphatic heterocycles. The lowest BCUT2D eigenvalue weighted by atomic mass is 10.2. The summed E-state index contributed by atoms with van der Waals surface area (Å²) in [6.45, 7) is 1.32. The molecule has 124 valence electrons. The summed E-state index contributed by atoms with van der Waals surface area (Å²) < 4.78 is 11.3. The first-order valence-corrected chi connectivity index (χ1v) is 8.02. The number of nitrogens with zero attached hydrogens (tertiary/aromatic N) is 3. The van der Waals surface area contributed by atoms with Crippen LogP contribution in [0.15, 0.2) is 42.7 Å². The van der Waals surface area contributed by atoms with Gasteiger partial charge in [0, 0.05) is 31.2 Å². The Morgan fingerprint density at radius 3 is 2.46 bits per heavy atom. The Bertz CT molecular complexity index is 696. The van der Waals surface area contributed by atoms with E-state index in [4.69, 9.17) is 9.47 Å². The lowest BCUT2D eigenvalue weighted by Crippen LogP contribution is -2.47. The van der Waals surface area contributed by atoms with Crippen LogP contribution >= 0.6 is 0 Å². The van der Waals surface area contributed by atoms with Crippen molar-refractivity contribution in [2.75, 3.05) is 18.4 Å². The Morgan fingerprint density at radius 2 is 1.79 bits per heavy atom. The third-order valence-electron chi connectivity index (χ3n) is 4.19. The van der Waals surface area contributed by atoms with Crippen molar-refractivity contribution in [1.29, 1.82) is 0 Å². The number of amides is 2. The van der Waals surface area contributed by atoms with Crippen LogP contribution in [0.4, 0.5) is 10.5 Å². The molecule has 2 unspecified atom stereocenters. The lowest BCUT2D eigenvalue weighted by molar-refractivity contribution is -0.0219. The topological polar surface area (TPSA) is 76.6 Å². The average molecular weight is 326 g/mol. The van der Waals surface area contributed by atoms with Gasteiger partial charge < -0.3 is 19.7 Å². The predicted octanol–water partition coefficient (Wildman–Crippen LogP) is 2.66. The molecule has 7 heteroatoms. The van der Waals surface area contributed by atoms with Crippen LogP contribution in [-0.4, -0.2) is 46.2 Å². The number of urea groups is 1. The minimum atomic E-state index is -0.0877. The molecule has 1 N–H and O–H groups in total. The third-order valence-corrected chi connectivity index (χ3v) is 4.19. The largest absolute Gasteiger partial charge is 0.424 e. The van der Waals surface area contributed by atoms with E-state index >= 15 is 0 Å². The molecule has 1 aromatic carbocycles. The van der Waals surface area contributed by atoms with Crippen molar-refractivity contribution in [3.05, 3.63) is 42.7 Å². The molecule has 2 saturated heterocycles. The summed E-state index contributed by atoms with van der Waals surface area (Å²) in [4.78, 5) is 22.2. The van der Waals surface area contributed by atoms with Gasteiger partial charge in [0.1, 0.15) is 5.75 Å². The van der Waals surface area contributed by atoms with Crippen LogP contribution in [-0.2, 0) is 4.74 Å². The highest BCUT2D eigenvalue weighted by Gasteiger charge is 2.35. The first kappa shape index (κ1) is 14.9. The lowest BCUT2D eigenvalue weighted by Gasteiger charge is -2.32. The number of hydrogen-bond acceptors (Lipinski definition) is 5. The fraction of sp³-hybridized carbons (Fsp3) is 0.353. The molecule has 2 amide bonds. The van der Waals surface area contributed by atoms with Crippen molar-refractivity contribution in [3.63, 3.8) is 0 Å². The van der Waals surface area contributed by atoms with E-state index in [1.165, 1.54) is 0 Å². The Balaban J connectivity index is 1.36. The van der Waals surface area contributed by atoms with Crippen LogP contribution in [0.2, 0.25) is 0 Å². The summed E-state index contributed by atoms with van der Waals surface area (Å²) in [7, 11) is 0. The predicted molar refractivity (Wildman–Crippen MR) is 87.0 cm³/mol. The molecule has 0 radical (unpaired) electrons. The summed E-state index contributed by atoms with van der Waals surface area (Å²) in [5, 5.41) is 2.92. The number of hydrogen-bond donors (Lipinski definition) is 1. The van der Waals surface area contributed by atoms with Crippen LogP contribution < -0.4 is 10.1 Å². The van der Waals surface area contributed by atoms with E-state index in [0.717, 1.165) is 18.5 Å². The molecule has 2 fully saturated rings. The molecule has 0 saturated carbocycles. The SMILES string of the molecule is O=C(Nc1ccc(Oc2ncccn2)cc1)N1CC2CCC(C1)O2. The summed E-state index contributed by atoms with van der Waals surface area (Å²) in [6.07, 6.45) is 5.70. The number of fused-ring (bicyclic) bond motifs is 2. The van der Waals surface area contributed by atoms with Gasteiger partial charge in [0.05, 0.1) is 12.2 Å². The summed E-state index contributed by atoms with van der Waals surface area (Å²) in [5.74, 6) is 0.614. The van der Waals surface area contributed by atoms with Gasteiger partial charge in [0.25, 0.3) is 0 Å². The summed E-state index contributed by atoms with van der Waals surface area (Å²) in [5.41, 5.74) is 0.722. The van der Waals surface area contributed by atoms with Crippen LogP contribution in [0.3, 0.4) is 0 Å². The number of carbonyl (C=O) groups is 1. The summed E-state index contributed by atoms with van der Waals surface area (Å²) in [6, 6.07) is 9.07. The second-order valence-electron chi connectivity index (χ2n) is 5.95. The number of likely N-dealkylation sites (tertiary alicyclic amines) is 1. The highest BCUT2D eigenvalue weighted by Crippen LogP contribution is 2.27. The zero-order chi connectivity index (χ0) is 16.4. The molecule has 2 aliphatic rings. The average Bonchev–Trinajstić information content (AvgIpc) is 2.95. The van der Waals surface area contributed by atoms with Gasteiger partial charge in [-0.1, -0.05) is 0 Å². The zero-order valence-electron chi connectivity index (χ0n) is 13.1. The molecule has 3 heterocycles. The molecule has 2 bridgehead atoms. The fourth-order valence-electron chi connectivity index (χ4n) is 3.03. The maximum absolute atomic E-state index is 12.4. The Hall–Kier alpha value is -2.67. The zero-order valence-corrected chi connectivity index (χ0v) is 13.1. The first-order valence-electron chi connectivity index (χ1n) is 8.02. The van der Waals surface area contributed by atoms with E-state index in [1.54, 1.807) is 42.7 Å². The highest BCUT2D eigenvalue weighted by atomic mass is 16.5. The van der Waals surface area contributed by atoms with Gasteiger partial charge in [-0.3, -0.25) is 0 Å². The first-order chi connectivity index (χ1) is 11.8. The van der Waals surface area contributed by atoms with Crippen molar-refractivity contribution >= 4 is 11.7 Å². The molecular formula is C17H18N4O3. The van der Waals surface area contributed by atoms with E-state index in [-0.39, 0.29) is 24.2 Å². The third kappa shape index (κ3) is 3.30. The summed E-state index contributed by atoms with van der Waals surface area (Å²) >= 11 is 0. The van der Waals surface area contributed by atoms with Crippen LogP contribution in [0.5, 0.6) is 11.8 Å². The Labute approximate surface area is 139 Å². The van der Waals surface area contributed by atoms with E-state index in [1.807, 2.05) is 4.90 Å². The number of nitrogens with one attached hydrogen (secondary N) is 1. The number of benzene rings is 1. The number of rotatable bonds is 3. The van der Waals surface area contributed by atoms with Gasteiger partial charge in [-0.2, -0.15) is 0 Å². The van der Waals surface area contributed by atoms with E-state index in [9.17, 15) is 4.79 Å². The van der Waals surface area contributed by atoms with Gasteiger partial charge in [0.2, 0.25) is 0 Å². The van der Waals surface area contributed by atoms with Crippen LogP contribution in [0, 0.1) is 0 Å². The van der Waals surface area contributed by atoms with Crippen molar-refractivity contribution < 1.29 is 14.3 Å². The fourth-order valence-corrected chi connectivity index (χ4v) is 3.03. The number of aromatic nitrogens is 2. The van der Waals surface area contributed by atoms with Gasteiger partial charge in [-0.05, 0) is 43.2 Å². The Kier molecular flexibility index (Phi) is 4.00. The maximum atomic E-state index is 12.4. The second kappa shape index (κ2) is 6.45. The number of morpholine rings is 1. The molecule has 0 spiro atoms. The van der Waals surface area contributed by atoms with Gasteiger partial charge in [-0.25, -0.2) is 14.8 Å². The molecule has 4 rings (SSSR count). The Morgan fingerprint density at radius 1 is 1.12 bits per heavy atom. The van der Waals surface area contributed by atoms with Gasteiger partial charge in [-0.15, -0.1) is 0 Å². The van der Waals surface area contributed by atoms with Gasteiger partial charge >= 0.3 is 12.0 Å².